The predicted molar refractivity (Wildman–Crippen MR) is 45.7 cm³/mol. The SMILES string of the molecule is N#C/C=C\[C@@H]1CCC=C[C@@H]1C#N. The third kappa shape index (κ3) is 1.97. The molecule has 0 saturated heterocycles. The summed E-state index contributed by atoms with van der Waals surface area (Å²) in [5.74, 6) is 0.197. The van der Waals surface area contributed by atoms with E-state index in [1.165, 1.54) is 6.08 Å². The summed E-state index contributed by atoms with van der Waals surface area (Å²) < 4.78 is 0. The topological polar surface area (TPSA) is 47.6 Å². The molecule has 2 nitrogen and oxygen atoms in total. The molecule has 0 N–H and O–H groups in total. The molecule has 0 aromatic heterocycles. The van der Waals surface area contributed by atoms with E-state index in [-0.39, 0.29) is 11.8 Å². The van der Waals surface area contributed by atoms with Crippen LogP contribution in [-0.4, -0.2) is 0 Å². The highest BCUT2D eigenvalue weighted by Crippen LogP contribution is 2.24. The van der Waals surface area contributed by atoms with E-state index >= 15 is 0 Å². The first-order chi connectivity index (χ1) is 5.88. The highest BCUT2D eigenvalue weighted by Gasteiger charge is 2.17. The maximum Gasteiger partial charge on any atom is 0.0908 e. The summed E-state index contributed by atoms with van der Waals surface area (Å²) in [4.78, 5) is 0. The van der Waals surface area contributed by atoms with Crippen LogP contribution in [0.15, 0.2) is 24.3 Å². The molecule has 0 fully saturated rings. The average molecular weight is 158 g/mol. The van der Waals surface area contributed by atoms with Crippen LogP contribution in [0.25, 0.3) is 0 Å². The minimum atomic E-state index is -0.0386. The van der Waals surface area contributed by atoms with Gasteiger partial charge >= 0.3 is 0 Å². The van der Waals surface area contributed by atoms with E-state index in [2.05, 4.69) is 6.07 Å². The minimum absolute atomic E-state index is 0.0386. The molecule has 1 aliphatic rings. The lowest BCUT2D eigenvalue weighted by Crippen LogP contribution is -2.11. The predicted octanol–water partition coefficient (Wildman–Crippen LogP) is 2.17. The molecule has 12 heavy (non-hydrogen) atoms. The van der Waals surface area contributed by atoms with Crippen molar-refractivity contribution in [3.8, 4) is 12.1 Å². The third-order valence-corrected chi connectivity index (χ3v) is 2.04. The molecule has 0 unspecified atom stereocenters. The molecule has 1 rings (SSSR count). The monoisotopic (exact) mass is 158 g/mol. The van der Waals surface area contributed by atoms with Gasteiger partial charge in [0.25, 0.3) is 0 Å². The van der Waals surface area contributed by atoms with Crippen molar-refractivity contribution in [1.82, 2.24) is 0 Å². The van der Waals surface area contributed by atoms with Crippen LogP contribution < -0.4 is 0 Å². The first-order valence-electron chi connectivity index (χ1n) is 4.01. The van der Waals surface area contributed by atoms with Gasteiger partial charge in [0.1, 0.15) is 0 Å². The minimum Gasteiger partial charge on any atom is -0.198 e. The molecule has 0 spiro atoms. The fourth-order valence-electron chi connectivity index (χ4n) is 1.38. The van der Waals surface area contributed by atoms with Crippen molar-refractivity contribution < 1.29 is 0 Å². The highest BCUT2D eigenvalue weighted by molar-refractivity contribution is 5.14. The Bertz CT molecular complexity index is 275. The second kappa shape index (κ2) is 4.36. The van der Waals surface area contributed by atoms with Crippen LogP contribution in [0.3, 0.4) is 0 Å². The lowest BCUT2D eigenvalue weighted by atomic mass is 9.85. The Kier molecular flexibility index (Phi) is 3.11. The fourth-order valence-corrected chi connectivity index (χ4v) is 1.38. The summed E-state index contributed by atoms with van der Waals surface area (Å²) >= 11 is 0. The number of hydrogen-bond donors (Lipinski definition) is 0. The van der Waals surface area contributed by atoms with E-state index in [4.69, 9.17) is 10.5 Å². The van der Waals surface area contributed by atoms with Crippen LogP contribution in [0.2, 0.25) is 0 Å². The van der Waals surface area contributed by atoms with Crippen molar-refractivity contribution in [2.45, 2.75) is 12.8 Å². The number of allylic oxidation sites excluding steroid dienone is 4. The van der Waals surface area contributed by atoms with Gasteiger partial charge in [0, 0.05) is 6.08 Å². The molecule has 1 aliphatic carbocycles. The molecule has 2 atom stereocenters. The molecule has 0 heterocycles. The largest absolute Gasteiger partial charge is 0.198 e. The summed E-state index contributed by atoms with van der Waals surface area (Å²) in [7, 11) is 0. The molecule has 0 aromatic carbocycles. The zero-order valence-corrected chi connectivity index (χ0v) is 6.77. The maximum absolute atomic E-state index is 8.74. The van der Waals surface area contributed by atoms with Crippen molar-refractivity contribution in [2.24, 2.45) is 11.8 Å². The summed E-state index contributed by atoms with van der Waals surface area (Å²) in [6.07, 6.45) is 9.25. The van der Waals surface area contributed by atoms with Gasteiger partial charge in [-0.3, -0.25) is 0 Å². The number of nitriles is 2. The van der Waals surface area contributed by atoms with Gasteiger partial charge in [0.05, 0.1) is 18.1 Å². The van der Waals surface area contributed by atoms with E-state index in [0.717, 1.165) is 12.8 Å². The standard InChI is InChI=1S/C10H10N2/c11-7-3-6-9-4-1-2-5-10(9)8-12/h2-3,5-6,9-10H,1,4H2/b6-3-/t9-,10+/m0/s1. The normalized spacial score (nSPS) is 28.2. The van der Waals surface area contributed by atoms with Crippen LogP contribution in [0.5, 0.6) is 0 Å². The summed E-state index contributed by atoms with van der Waals surface area (Å²) in [5, 5.41) is 17.1. The third-order valence-electron chi connectivity index (χ3n) is 2.04. The fraction of sp³-hybridized carbons (Fsp3) is 0.400. The van der Waals surface area contributed by atoms with Crippen LogP contribution in [-0.2, 0) is 0 Å². The second-order valence-electron chi connectivity index (χ2n) is 2.81. The van der Waals surface area contributed by atoms with Gasteiger partial charge in [-0.2, -0.15) is 10.5 Å². The molecule has 0 amide bonds. The lowest BCUT2D eigenvalue weighted by molar-refractivity contribution is 0.504. The molecule has 0 bridgehead atoms. The zero-order valence-electron chi connectivity index (χ0n) is 6.77. The lowest BCUT2D eigenvalue weighted by Gasteiger charge is -2.18. The van der Waals surface area contributed by atoms with Crippen molar-refractivity contribution in [1.29, 1.82) is 10.5 Å². The molecule has 2 heteroatoms. The van der Waals surface area contributed by atoms with E-state index in [1.54, 1.807) is 0 Å². The van der Waals surface area contributed by atoms with Gasteiger partial charge < -0.3 is 0 Å². The van der Waals surface area contributed by atoms with Crippen molar-refractivity contribution in [2.75, 3.05) is 0 Å². The number of nitrogens with zero attached hydrogens (tertiary/aromatic N) is 2. The molecule has 0 aliphatic heterocycles. The Morgan fingerprint density at radius 3 is 2.92 bits per heavy atom. The smallest absolute Gasteiger partial charge is 0.0908 e. The molecule has 60 valence electrons. The Hall–Kier alpha value is -1.54. The second-order valence-corrected chi connectivity index (χ2v) is 2.81. The average Bonchev–Trinajstić information content (AvgIpc) is 2.15. The summed E-state index contributed by atoms with van der Waals surface area (Å²) in [6.45, 7) is 0. The Labute approximate surface area is 72.4 Å². The van der Waals surface area contributed by atoms with E-state index in [9.17, 15) is 0 Å². The van der Waals surface area contributed by atoms with Crippen LogP contribution >= 0.6 is 0 Å². The summed E-state index contributed by atoms with van der Waals surface area (Å²) in [5.41, 5.74) is 0. The van der Waals surface area contributed by atoms with Crippen LogP contribution in [0.4, 0.5) is 0 Å². The van der Waals surface area contributed by atoms with Gasteiger partial charge in [0.15, 0.2) is 0 Å². The van der Waals surface area contributed by atoms with Gasteiger partial charge in [-0.15, -0.1) is 0 Å². The maximum atomic E-state index is 8.74. The van der Waals surface area contributed by atoms with Crippen molar-refractivity contribution >= 4 is 0 Å². The van der Waals surface area contributed by atoms with E-state index in [0.29, 0.717) is 0 Å². The van der Waals surface area contributed by atoms with E-state index < -0.39 is 0 Å². The molecular weight excluding hydrogens is 148 g/mol. The van der Waals surface area contributed by atoms with Gasteiger partial charge in [-0.05, 0) is 18.8 Å². The highest BCUT2D eigenvalue weighted by atomic mass is 14.3. The number of rotatable bonds is 1. The Morgan fingerprint density at radius 1 is 1.42 bits per heavy atom. The molecular formula is C10H10N2. The first kappa shape index (κ1) is 8.56. The van der Waals surface area contributed by atoms with Crippen molar-refractivity contribution in [3.05, 3.63) is 24.3 Å². The van der Waals surface area contributed by atoms with Gasteiger partial charge in [-0.1, -0.05) is 18.2 Å². The molecule has 0 aromatic rings. The van der Waals surface area contributed by atoms with Crippen LogP contribution in [0.1, 0.15) is 12.8 Å². The van der Waals surface area contributed by atoms with Crippen LogP contribution in [0, 0.1) is 34.5 Å². The van der Waals surface area contributed by atoms with Crippen molar-refractivity contribution in [3.63, 3.8) is 0 Å². The van der Waals surface area contributed by atoms with Gasteiger partial charge in [0.2, 0.25) is 0 Å². The van der Waals surface area contributed by atoms with E-state index in [1.807, 2.05) is 24.3 Å². The Morgan fingerprint density at radius 2 is 2.25 bits per heavy atom. The zero-order chi connectivity index (χ0) is 8.81. The molecule has 0 radical (unpaired) electrons. The molecule has 0 saturated carbocycles. The quantitative estimate of drug-likeness (QED) is 0.433. The number of hydrogen-bond acceptors (Lipinski definition) is 2. The Balaban J connectivity index is 2.65. The van der Waals surface area contributed by atoms with Gasteiger partial charge in [-0.25, -0.2) is 0 Å². The summed E-state index contributed by atoms with van der Waals surface area (Å²) in [6, 6.07) is 4.16. The first-order valence-corrected chi connectivity index (χ1v) is 4.01.